The molecule has 1 atom stereocenters. The molecule has 1 amide bonds. The Morgan fingerprint density at radius 1 is 1.24 bits per heavy atom. The Labute approximate surface area is 129 Å². The van der Waals surface area contributed by atoms with Crippen LogP contribution in [0.25, 0.3) is 0 Å². The highest BCUT2D eigenvalue weighted by Gasteiger charge is 2.37. The zero-order valence-electron chi connectivity index (χ0n) is 11.1. The van der Waals surface area contributed by atoms with Gasteiger partial charge in [0.25, 0.3) is 0 Å². The minimum Gasteiger partial charge on any atom is -0.353 e. The van der Waals surface area contributed by atoms with Gasteiger partial charge in [-0.25, -0.2) is 4.39 Å². The van der Waals surface area contributed by atoms with E-state index in [4.69, 9.17) is 0 Å². The number of nitrogens with zero attached hydrogens (tertiary/aromatic N) is 1. The lowest BCUT2D eigenvalue weighted by atomic mass is 9.91. The second-order valence-electron chi connectivity index (χ2n) is 5.39. The van der Waals surface area contributed by atoms with E-state index in [1.807, 2.05) is 17.0 Å². The number of nitrogens with one attached hydrogen (secondary N) is 1. The Bertz CT molecular complexity index is 762. The molecule has 0 aliphatic carbocycles. The smallest absolute Gasteiger partial charge is 0.247 e. The lowest BCUT2D eigenvalue weighted by Gasteiger charge is -2.41. The molecule has 5 heteroatoms. The molecule has 21 heavy (non-hydrogen) atoms. The summed E-state index contributed by atoms with van der Waals surface area (Å²) in [7, 11) is 0. The van der Waals surface area contributed by atoms with E-state index in [2.05, 4.69) is 33.4 Å². The first-order valence-corrected chi connectivity index (χ1v) is 7.56. The molecule has 2 heterocycles. The van der Waals surface area contributed by atoms with Crippen LogP contribution in [0.4, 0.5) is 15.8 Å². The van der Waals surface area contributed by atoms with Gasteiger partial charge in [-0.3, -0.25) is 4.79 Å². The number of benzene rings is 2. The van der Waals surface area contributed by atoms with Gasteiger partial charge in [-0.2, -0.15) is 0 Å². The largest absolute Gasteiger partial charge is 0.353 e. The van der Waals surface area contributed by atoms with Crippen molar-refractivity contribution in [1.82, 2.24) is 0 Å². The first kappa shape index (κ1) is 12.8. The maximum Gasteiger partial charge on any atom is 0.247 e. The quantitative estimate of drug-likeness (QED) is 0.792. The van der Waals surface area contributed by atoms with Crippen LogP contribution < -0.4 is 10.2 Å². The highest BCUT2D eigenvalue weighted by Crippen LogP contribution is 2.39. The van der Waals surface area contributed by atoms with E-state index in [1.165, 1.54) is 17.2 Å². The van der Waals surface area contributed by atoms with Gasteiger partial charge >= 0.3 is 0 Å². The molecular formula is C16H12BrFN2O. The van der Waals surface area contributed by atoms with Gasteiger partial charge in [-0.05, 0) is 33.1 Å². The van der Waals surface area contributed by atoms with Gasteiger partial charge < -0.3 is 10.2 Å². The number of amides is 1. The number of rotatable bonds is 0. The number of halogens is 2. The minimum absolute atomic E-state index is 0.0319. The number of anilines is 2. The van der Waals surface area contributed by atoms with Gasteiger partial charge in [0.1, 0.15) is 11.9 Å². The van der Waals surface area contributed by atoms with Gasteiger partial charge in [-0.1, -0.05) is 24.3 Å². The normalized spacial score (nSPS) is 19.4. The Hall–Kier alpha value is -1.88. The van der Waals surface area contributed by atoms with Crippen LogP contribution in [0.15, 0.2) is 40.9 Å². The molecule has 4 rings (SSSR count). The predicted octanol–water partition coefficient (Wildman–Crippen LogP) is 3.47. The topological polar surface area (TPSA) is 32.3 Å². The van der Waals surface area contributed by atoms with Crippen LogP contribution in [0.5, 0.6) is 0 Å². The minimum atomic E-state index is -0.317. The predicted molar refractivity (Wildman–Crippen MR) is 82.8 cm³/mol. The molecule has 2 aliphatic heterocycles. The van der Waals surface area contributed by atoms with Crippen LogP contribution >= 0.6 is 15.9 Å². The first-order chi connectivity index (χ1) is 10.1. The molecule has 0 fully saturated rings. The van der Waals surface area contributed by atoms with Crippen LogP contribution in [0.2, 0.25) is 0 Å². The molecule has 2 aromatic rings. The van der Waals surface area contributed by atoms with E-state index >= 15 is 0 Å². The Kier molecular flexibility index (Phi) is 2.79. The van der Waals surface area contributed by atoms with Crippen molar-refractivity contribution < 1.29 is 9.18 Å². The van der Waals surface area contributed by atoms with Crippen LogP contribution in [0.3, 0.4) is 0 Å². The van der Waals surface area contributed by atoms with E-state index in [9.17, 15) is 9.18 Å². The second-order valence-corrected chi connectivity index (χ2v) is 6.24. The van der Waals surface area contributed by atoms with Crippen molar-refractivity contribution >= 4 is 33.2 Å². The molecule has 0 saturated heterocycles. The van der Waals surface area contributed by atoms with Crippen molar-refractivity contribution in [3.8, 4) is 0 Å². The van der Waals surface area contributed by atoms with E-state index in [0.717, 1.165) is 5.69 Å². The fraction of sp³-hybridized carbons (Fsp3) is 0.188. The molecule has 1 unspecified atom stereocenters. The van der Waals surface area contributed by atoms with Gasteiger partial charge in [0.05, 0.1) is 15.8 Å². The highest BCUT2D eigenvalue weighted by atomic mass is 79.9. The monoisotopic (exact) mass is 346 g/mol. The summed E-state index contributed by atoms with van der Waals surface area (Å²) in [6.45, 7) is 0.627. The molecule has 0 radical (unpaired) electrons. The summed E-state index contributed by atoms with van der Waals surface area (Å²) in [5, 5.41) is 2.88. The van der Waals surface area contributed by atoms with E-state index in [1.54, 1.807) is 6.07 Å². The molecule has 0 spiro atoms. The van der Waals surface area contributed by atoms with Crippen molar-refractivity contribution in [2.75, 3.05) is 10.2 Å². The maximum absolute atomic E-state index is 13.9. The summed E-state index contributed by atoms with van der Waals surface area (Å²) in [5.74, 6) is -0.349. The Morgan fingerprint density at radius 3 is 2.81 bits per heavy atom. The van der Waals surface area contributed by atoms with Crippen molar-refractivity contribution in [1.29, 1.82) is 0 Å². The van der Waals surface area contributed by atoms with Crippen molar-refractivity contribution in [3.05, 3.63) is 57.8 Å². The molecule has 106 valence electrons. The lowest BCUT2D eigenvalue weighted by molar-refractivity contribution is -0.117. The third-order valence-electron chi connectivity index (χ3n) is 4.16. The molecule has 2 aliphatic rings. The van der Waals surface area contributed by atoms with Gasteiger partial charge in [0.2, 0.25) is 5.91 Å². The third-order valence-corrected chi connectivity index (χ3v) is 4.76. The molecule has 0 saturated carbocycles. The van der Waals surface area contributed by atoms with Crippen LogP contribution in [-0.4, -0.2) is 11.9 Å². The van der Waals surface area contributed by atoms with E-state index < -0.39 is 0 Å². The summed E-state index contributed by atoms with van der Waals surface area (Å²) in [4.78, 5) is 14.3. The molecule has 2 aromatic carbocycles. The van der Waals surface area contributed by atoms with Crippen LogP contribution in [0.1, 0.15) is 11.1 Å². The summed E-state index contributed by atoms with van der Waals surface area (Å²) in [6, 6.07) is 10.9. The maximum atomic E-state index is 13.9. The average Bonchev–Trinajstić information content (AvgIpc) is 2.48. The number of carbonyl (C=O) groups is 1. The third kappa shape index (κ3) is 1.95. The van der Waals surface area contributed by atoms with Gasteiger partial charge in [0, 0.05) is 19.0 Å². The van der Waals surface area contributed by atoms with Crippen molar-refractivity contribution in [3.63, 3.8) is 0 Å². The SMILES string of the molecule is O=C1Nc2cc(Br)c(F)cc2N2Cc3ccccc3CC12. The van der Waals surface area contributed by atoms with E-state index in [-0.39, 0.29) is 17.8 Å². The zero-order chi connectivity index (χ0) is 14.6. The fourth-order valence-corrected chi connectivity index (χ4v) is 3.44. The second kappa shape index (κ2) is 4.56. The number of hydrogen-bond donors (Lipinski definition) is 1. The average molecular weight is 347 g/mol. The molecular weight excluding hydrogens is 335 g/mol. The van der Waals surface area contributed by atoms with E-state index in [0.29, 0.717) is 23.1 Å². The first-order valence-electron chi connectivity index (χ1n) is 6.77. The van der Waals surface area contributed by atoms with Crippen LogP contribution in [0, 0.1) is 5.82 Å². The highest BCUT2D eigenvalue weighted by molar-refractivity contribution is 9.10. The molecule has 0 aromatic heterocycles. The summed E-state index contributed by atoms with van der Waals surface area (Å²) >= 11 is 3.16. The molecule has 0 bridgehead atoms. The van der Waals surface area contributed by atoms with Gasteiger partial charge in [-0.15, -0.1) is 0 Å². The number of carbonyl (C=O) groups excluding carboxylic acids is 1. The fourth-order valence-electron chi connectivity index (χ4n) is 3.10. The molecule has 3 nitrogen and oxygen atoms in total. The van der Waals surface area contributed by atoms with Crippen LogP contribution in [-0.2, 0) is 17.8 Å². The Balaban J connectivity index is 1.85. The number of hydrogen-bond acceptors (Lipinski definition) is 2. The summed E-state index contributed by atoms with van der Waals surface area (Å²) < 4.78 is 14.2. The Morgan fingerprint density at radius 2 is 2.00 bits per heavy atom. The van der Waals surface area contributed by atoms with Crippen molar-refractivity contribution in [2.45, 2.75) is 19.0 Å². The zero-order valence-corrected chi connectivity index (χ0v) is 12.7. The number of fused-ring (bicyclic) bond motifs is 4. The molecule has 1 N–H and O–H groups in total. The van der Waals surface area contributed by atoms with Crippen molar-refractivity contribution in [2.24, 2.45) is 0 Å². The van der Waals surface area contributed by atoms with Gasteiger partial charge in [0.15, 0.2) is 0 Å². The summed E-state index contributed by atoms with van der Waals surface area (Å²) in [6.07, 6.45) is 0.652. The standard InChI is InChI=1S/C16H12BrFN2O/c17-11-6-13-14(7-12(11)18)20-8-10-4-2-1-3-9(10)5-15(20)16(21)19-13/h1-4,6-7,15H,5,8H2,(H,19,21). The summed E-state index contributed by atoms with van der Waals surface area (Å²) in [5.41, 5.74) is 3.78. The lowest BCUT2D eigenvalue weighted by Crippen LogP contribution is -2.51.